The van der Waals surface area contributed by atoms with E-state index < -0.39 is 0 Å². The Balaban J connectivity index is 1.82. The lowest BCUT2D eigenvalue weighted by atomic mass is 10.2. The molecule has 2 aliphatic rings. The van der Waals surface area contributed by atoms with Crippen LogP contribution in [0.5, 0.6) is 11.5 Å². The zero-order chi connectivity index (χ0) is 12.5. The molecule has 1 fully saturated rings. The van der Waals surface area contributed by atoms with Crippen molar-refractivity contribution in [1.29, 1.82) is 0 Å². The minimum atomic E-state index is -0.129. The molecule has 1 aliphatic carbocycles. The molecule has 1 atom stereocenters. The summed E-state index contributed by atoms with van der Waals surface area (Å²) in [7, 11) is 0. The van der Waals surface area contributed by atoms with Crippen molar-refractivity contribution in [3.8, 4) is 11.5 Å². The van der Waals surface area contributed by atoms with E-state index in [0.717, 1.165) is 24.4 Å². The lowest BCUT2D eigenvalue weighted by Crippen LogP contribution is -2.32. The molecule has 1 unspecified atom stereocenters. The first-order chi connectivity index (χ1) is 8.78. The van der Waals surface area contributed by atoms with Crippen LogP contribution in [0, 0.1) is 0 Å². The average Bonchev–Trinajstić information content (AvgIpc) is 3.20. The molecular weight excluding hydrogens is 252 g/mol. The summed E-state index contributed by atoms with van der Waals surface area (Å²) in [4.78, 5) is 0. The normalized spacial score (nSPS) is 20.6. The molecule has 0 aromatic heterocycles. The molecular formula is C14H15ClO3. The molecule has 3 rings (SSSR count). The molecule has 0 saturated heterocycles. The van der Waals surface area contributed by atoms with E-state index in [1.165, 1.54) is 5.57 Å². The molecule has 0 radical (unpaired) electrons. The second kappa shape index (κ2) is 4.73. The Morgan fingerprint density at radius 3 is 2.94 bits per heavy atom. The summed E-state index contributed by atoms with van der Waals surface area (Å²) >= 11 is 5.92. The Morgan fingerprint density at radius 1 is 1.39 bits per heavy atom. The van der Waals surface area contributed by atoms with E-state index in [0.29, 0.717) is 24.0 Å². The van der Waals surface area contributed by atoms with Crippen molar-refractivity contribution in [3.05, 3.63) is 34.6 Å². The Morgan fingerprint density at radius 2 is 2.22 bits per heavy atom. The summed E-state index contributed by atoms with van der Waals surface area (Å²) in [6, 6.07) is 5.42. The van der Waals surface area contributed by atoms with Crippen LogP contribution in [0.3, 0.4) is 0 Å². The van der Waals surface area contributed by atoms with E-state index in [2.05, 4.69) is 0 Å². The van der Waals surface area contributed by atoms with Crippen LogP contribution in [0.1, 0.15) is 19.8 Å². The van der Waals surface area contributed by atoms with Crippen LogP contribution in [0.25, 0.3) is 0 Å². The Hall–Kier alpha value is -1.35. The maximum atomic E-state index is 5.94. The lowest BCUT2D eigenvalue weighted by Gasteiger charge is -2.28. The largest absolute Gasteiger partial charge is 0.494 e. The van der Waals surface area contributed by atoms with Crippen LogP contribution in [-0.4, -0.2) is 19.3 Å². The van der Waals surface area contributed by atoms with Crippen LogP contribution in [0.2, 0.25) is 5.02 Å². The van der Waals surface area contributed by atoms with E-state index >= 15 is 0 Å². The van der Waals surface area contributed by atoms with Gasteiger partial charge in [-0.15, -0.1) is 0 Å². The van der Waals surface area contributed by atoms with E-state index in [1.807, 2.05) is 13.0 Å². The van der Waals surface area contributed by atoms with E-state index in [-0.39, 0.29) is 6.10 Å². The first-order valence-corrected chi connectivity index (χ1v) is 6.59. The molecule has 0 amide bonds. The topological polar surface area (TPSA) is 27.7 Å². The Labute approximate surface area is 111 Å². The molecule has 3 nitrogen and oxygen atoms in total. The summed E-state index contributed by atoms with van der Waals surface area (Å²) in [5.74, 6) is 2.39. The number of halogens is 1. The van der Waals surface area contributed by atoms with Gasteiger partial charge in [-0.25, -0.2) is 0 Å². The van der Waals surface area contributed by atoms with Gasteiger partial charge in [-0.1, -0.05) is 11.6 Å². The van der Waals surface area contributed by atoms with Gasteiger partial charge in [-0.05, 0) is 37.5 Å². The molecule has 0 bridgehead atoms. The maximum Gasteiger partial charge on any atom is 0.189 e. The van der Waals surface area contributed by atoms with Crippen LogP contribution >= 0.6 is 11.6 Å². The summed E-state index contributed by atoms with van der Waals surface area (Å²) in [5, 5.41) is 0.654. The summed E-state index contributed by atoms with van der Waals surface area (Å²) in [5.41, 5.74) is 1.35. The minimum absolute atomic E-state index is 0.129. The number of fused-ring (bicyclic) bond motifs is 1. The number of ether oxygens (including phenoxy) is 3. The SMILES string of the molecule is CCOC(=C1CC1)C1COc2cc(Cl)ccc2O1. The third-order valence-corrected chi connectivity index (χ3v) is 3.24. The van der Waals surface area contributed by atoms with Gasteiger partial charge in [0.05, 0.1) is 6.61 Å². The zero-order valence-corrected chi connectivity index (χ0v) is 11.0. The van der Waals surface area contributed by atoms with E-state index in [1.54, 1.807) is 12.1 Å². The highest BCUT2D eigenvalue weighted by molar-refractivity contribution is 6.30. The van der Waals surface area contributed by atoms with Crippen LogP contribution < -0.4 is 9.47 Å². The van der Waals surface area contributed by atoms with Gasteiger partial charge < -0.3 is 14.2 Å². The molecule has 4 heteroatoms. The van der Waals surface area contributed by atoms with Crippen molar-refractivity contribution in [2.45, 2.75) is 25.9 Å². The number of benzene rings is 1. The van der Waals surface area contributed by atoms with Gasteiger partial charge in [0, 0.05) is 11.1 Å². The van der Waals surface area contributed by atoms with Crippen LogP contribution in [-0.2, 0) is 4.74 Å². The Kier molecular flexibility index (Phi) is 3.08. The summed E-state index contributed by atoms with van der Waals surface area (Å²) in [6.45, 7) is 3.12. The first-order valence-electron chi connectivity index (χ1n) is 6.21. The number of hydrogen-bond donors (Lipinski definition) is 0. The van der Waals surface area contributed by atoms with Gasteiger partial charge in [0.15, 0.2) is 17.6 Å². The second-order valence-corrected chi connectivity index (χ2v) is 4.85. The zero-order valence-electron chi connectivity index (χ0n) is 10.2. The number of allylic oxidation sites excluding steroid dienone is 1. The van der Waals surface area contributed by atoms with Crippen molar-refractivity contribution >= 4 is 11.6 Å². The molecule has 18 heavy (non-hydrogen) atoms. The molecule has 1 aliphatic heterocycles. The third kappa shape index (κ3) is 2.27. The summed E-state index contributed by atoms with van der Waals surface area (Å²) in [6.07, 6.45) is 2.10. The highest BCUT2D eigenvalue weighted by Crippen LogP contribution is 2.39. The van der Waals surface area contributed by atoms with Crippen molar-refractivity contribution in [3.63, 3.8) is 0 Å². The lowest BCUT2D eigenvalue weighted by molar-refractivity contribution is 0.0607. The molecule has 1 heterocycles. The van der Waals surface area contributed by atoms with Gasteiger partial charge in [0.1, 0.15) is 12.4 Å². The second-order valence-electron chi connectivity index (χ2n) is 4.41. The Bertz CT molecular complexity index is 490. The monoisotopic (exact) mass is 266 g/mol. The van der Waals surface area contributed by atoms with Gasteiger partial charge >= 0.3 is 0 Å². The van der Waals surface area contributed by atoms with Gasteiger partial charge in [0.25, 0.3) is 0 Å². The molecule has 0 N–H and O–H groups in total. The summed E-state index contributed by atoms with van der Waals surface area (Å²) < 4.78 is 17.3. The molecule has 1 aromatic carbocycles. The fourth-order valence-electron chi connectivity index (χ4n) is 2.06. The van der Waals surface area contributed by atoms with Crippen LogP contribution in [0.4, 0.5) is 0 Å². The first kappa shape index (κ1) is 11.7. The predicted molar refractivity (Wildman–Crippen MR) is 69.2 cm³/mol. The maximum absolute atomic E-state index is 5.94. The van der Waals surface area contributed by atoms with Crippen molar-refractivity contribution in [1.82, 2.24) is 0 Å². The fourth-order valence-corrected chi connectivity index (χ4v) is 2.22. The molecule has 0 spiro atoms. The number of hydrogen-bond acceptors (Lipinski definition) is 3. The van der Waals surface area contributed by atoms with E-state index in [4.69, 9.17) is 25.8 Å². The third-order valence-electron chi connectivity index (χ3n) is 3.01. The molecule has 1 aromatic rings. The highest BCUT2D eigenvalue weighted by atomic mass is 35.5. The predicted octanol–water partition coefficient (Wildman–Crippen LogP) is 3.56. The highest BCUT2D eigenvalue weighted by Gasteiger charge is 2.31. The van der Waals surface area contributed by atoms with Crippen molar-refractivity contribution in [2.24, 2.45) is 0 Å². The van der Waals surface area contributed by atoms with E-state index in [9.17, 15) is 0 Å². The van der Waals surface area contributed by atoms with Crippen molar-refractivity contribution < 1.29 is 14.2 Å². The smallest absolute Gasteiger partial charge is 0.189 e. The fraction of sp³-hybridized carbons (Fsp3) is 0.429. The van der Waals surface area contributed by atoms with Gasteiger partial charge in [-0.2, -0.15) is 0 Å². The van der Waals surface area contributed by atoms with Gasteiger partial charge in [-0.3, -0.25) is 0 Å². The quantitative estimate of drug-likeness (QED) is 0.783. The number of rotatable bonds is 3. The average molecular weight is 267 g/mol. The molecule has 1 saturated carbocycles. The standard InChI is InChI=1S/C14H15ClO3/c1-2-16-14(9-3-4-9)13-8-17-12-7-10(15)5-6-11(12)18-13/h5-7,13H,2-4,8H2,1H3. The van der Waals surface area contributed by atoms with Crippen molar-refractivity contribution in [2.75, 3.05) is 13.2 Å². The van der Waals surface area contributed by atoms with Crippen LogP contribution in [0.15, 0.2) is 29.5 Å². The minimum Gasteiger partial charge on any atom is -0.494 e. The molecule has 96 valence electrons. The van der Waals surface area contributed by atoms with Gasteiger partial charge in [0.2, 0.25) is 0 Å².